The van der Waals surface area contributed by atoms with Crippen LogP contribution in [0.25, 0.3) is 0 Å². The van der Waals surface area contributed by atoms with Gasteiger partial charge in [-0.2, -0.15) is 0 Å². The van der Waals surface area contributed by atoms with Crippen LogP contribution in [0.1, 0.15) is 29.6 Å². The van der Waals surface area contributed by atoms with Crippen molar-refractivity contribution in [2.24, 2.45) is 0 Å². The first-order chi connectivity index (χ1) is 9.54. The Bertz CT molecular complexity index is 535. The molecule has 1 saturated carbocycles. The summed E-state index contributed by atoms with van der Waals surface area (Å²) in [5.74, 6) is -0.492. The van der Waals surface area contributed by atoms with E-state index in [1.54, 1.807) is 7.11 Å². The first kappa shape index (κ1) is 14.7. The molecule has 7 heteroatoms. The number of nitro benzene ring substituents is 1. The number of nitrogens with zero attached hydrogens (tertiary/aromatic N) is 1. The molecule has 2 rings (SSSR count). The highest BCUT2D eigenvalue weighted by Crippen LogP contribution is 2.29. The van der Waals surface area contributed by atoms with Gasteiger partial charge in [0.15, 0.2) is 0 Å². The average Bonchev–Trinajstić information content (AvgIpc) is 2.85. The van der Waals surface area contributed by atoms with Gasteiger partial charge in [0.2, 0.25) is 0 Å². The van der Waals surface area contributed by atoms with Gasteiger partial charge < -0.3 is 10.1 Å². The molecule has 0 saturated heterocycles. The summed E-state index contributed by atoms with van der Waals surface area (Å²) in [7, 11) is 1.59. The summed E-state index contributed by atoms with van der Waals surface area (Å²) >= 11 is 5.79. The summed E-state index contributed by atoms with van der Waals surface area (Å²) in [6.45, 7) is 0. The van der Waals surface area contributed by atoms with Crippen LogP contribution in [0.5, 0.6) is 0 Å². The number of amides is 1. The number of nitrogens with one attached hydrogen (secondary N) is 1. The largest absolute Gasteiger partial charge is 0.379 e. The number of hydrogen-bond donors (Lipinski definition) is 1. The SMILES string of the molecule is COC1CCCC1NC(=O)c1cccc(Cl)c1[N+](=O)[O-]. The first-order valence-electron chi connectivity index (χ1n) is 6.31. The van der Waals surface area contributed by atoms with Crippen molar-refractivity contribution in [3.63, 3.8) is 0 Å². The van der Waals surface area contributed by atoms with Gasteiger partial charge in [0.1, 0.15) is 10.6 Å². The number of halogens is 1. The smallest absolute Gasteiger partial charge is 0.300 e. The van der Waals surface area contributed by atoms with Gasteiger partial charge in [0.25, 0.3) is 5.91 Å². The summed E-state index contributed by atoms with van der Waals surface area (Å²) in [6.07, 6.45) is 2.59. The summed E-state index contributed by atoms with van der Waals surface area (Å²) in [4.78, 5) is 22.6. The van der Waals surface area contributed by atoms with Crippen molar-refractivity contribution in [2.75, 3.05) is 7.11 Å². The van der Waals surface area contributed by atoms with Gasteiger partial charge in [0, 0.05) is 7.11 Å². The number of carbonyl (C=O) groups excluding carboxylic acids is 1. The molecule has 0 heterocycles. The maximum Gasteiger partial charge on any atom is 0.300 e. The minimum Gasteiger partial charge on any atom is -0.379 e. The number of ether oxygens (including phenoxy) is 1. The van der Waals surface area contributed by atoms with Gasteiger partial charge >= 0.3 is 5.69 Å². The normalized spacial score (nSPS) is 21.7. The fourth-order valence-electron chi connectivity index (χ4n) is 2.50. The molecule has 0 radical (unpaired) electrons. The van der Waals surface area contributed by atoms with E-state index in [9.17, 15) is 14.9 Å². The molecule has 0 aromatic heterocycles. The Kier molecular flexibility index (Phi) is 4.57. The molecule has 1 aliphatic rings. The number of methoxy groups -OCH3 is 1. The van der Waals surface area contributed by atoms with Gasteiger partial charge in [-0.25, -0.2) is 0 Å². The first-order valence-corrected chi connectivity index (χ1v) is 6.69. The molecule has 0 bridgehead atoms. The zero-order chi connectivity index (χ0) is 14.7. The molecule has 1 aliphatic carbocycles. The van der Waals surface area contributed by atoms with Gasteiger partial charge in [-0.05, 0) is 31.4 Å². The van der Waals surface area contributed by atoms with E-state index in [-0.39, 0.29) is 28.4 Å². The molecule has 108 valence electrons. The third kappa shape index (κ3) is 2.91. The predicted molar refractivity (Wildman–Crippen MR) is 74.0 cm³/mol. The Hall–Kier alpha value is -1.66. The number of rotatable bonds is 4. The molecular formula is C13H15ClN2O4. The molecule has 1 N–H and O–H groups in total. The minimum atomic E-state index is -0.639. The van der Waals surface area contributed by atoms with E-state index in [1.165, 1.54) is 18.2 Å². The molecule has 0 spiro atoms. The second-order valence-electron chi connectivity index (χ2n) is 4.68. The monoisotopic (exact) mass is 298 g/mol. The van der Waals surface area contributed by atoms with Crippen LogP contribution in [0.3, 0.4) is 0 Å². The zero-order valence-corrected chi connectivity index (χ0v) is 11.7. The van der Waals surface area contributed by atoms with Crippen molar-refractivity contribution < 1.29 is 14.5 Å². The van der Waals surface area contributed by atoms with Gasteiger partial charge in [-0.3, -0.25) is 14.9 Å². The molecule has 2 atom stereocenters. The molecule has 20 heavy (non-hydrogen) atoms. The van der Waals surface area contributed by atoms with E-state index in [0.29, 0.717) is 0 Å². The van der Waals surface area contributed by atoms with E-state index < -0.39 is 10.8 Å². The lowest BCUT2D eigenvalue weighted by molar-refractivity contribution is -0.385. The summed E-state index contributed by atoms with van der Waals surface area (Å²) < 4.78 is 5.29. The quantitative estimate of drug-likeness (QED) is 0.684. The fourth-order valence-corrected chi connectivity index (χ4v) is 2.75. The Balaban J connectivity index is 2.21. The van der Waals surface area contributed by atoms with Crippen LogP contribution < -0.4 is 5.32 Å². The number of para-hydroxylation sites is 1. The van der Waals surface area contributed by atoms with Crippen LogP contribution in [0.2, 0.25) is 5.02 Å². The van der Waals surface area contributed by atoms with E-state index in [0.717, 1.165) is 19.3 Å². The molecular weight excluding hydrogens is 284 g/mol. The maximum absolute atomic E-state index is 12.2. The third-order valence-electron chi connectivity index (χ3n) is 3.49. The second kappa shape index (κ2) is 6.19. The molecule has 2 unspecified atom stereocenters. The Morgan fingerprint density at radius 1 is 1.50 bits per heavy atom. The van der Waals surface area contributed by atoms with Crippen molar-refractivity contribution in [2.45, 2.75) is 31.4 Å². The molecule has 1 aromatic rings. The van der Waals surface area contributed by atoms with Crippen LogP contribution in [-0.4, -0.2) is 30.1 Å². The van der Waals surface area contributed by atoms with Gasteiger partial charge in [-0.15, -0.1) is 0 Å². The predicted octanol–water partition coefficient (Wildman–Crippen LogP) is 2.55. The molecule has 6 nitrogen and oxygen atoms in total. The molecule has 1 fully saturated rings. The van der Waals surface area contributed by atoms with E-state index in [4.69, 9.17) is 16.3 Å². The molecule has 1 amide bonds. The average molecular weight is 299 g/mol. The van der Waals surface area contributed by atoms with Crippen molar-refractivity contribution in [3.05, 3.63) is 38.9 Å². The van der Waals surface area contributed by atoms with Crippen molar-refractivity contribution in [1.82, 2.24) is 5.32 Å². The lowest BCUT2D eigenvalue weighted by Crippen LogP contribution is -2.40. The summed E-state index contributed by atoms with van der Waals surface area (Å²) in [5, 5.41) is 13.8. The molecule has 1 aromatic carbocycles. The zero-order valence-electron chi connectivity index (χ0n) is 11.0. The second-order valence-corrected chi connectivity index (χ2v) is 5.09. The standard InChI is InChI=1S/C13H15ClN2O4/c1-20-11-7-3-6-10(11)15-13(17)8-4-2-5-9(14)12(8)16(18)19/h2,4-5,10-11H,3,6-7H2,1H3,(H,15,17). The van der Waals surface area contributed by atoms with E-state index in [1.807, 2.05) is 0 Å². The van der Waals surface area contributed by atoms with Crippen LogP contribution in [-0.2, 0) is 4.74 Å². The van der Waals surface area contributed by atoms with Crippen LogP contribution in [0, 0.1) is 10.1 Å². The van der Waals surface area contributed by atoms with E-state index in [2.05, 4.69) is 5.32 Å². The number of carbonyl (C=O) groups is 1. The Morgan fingerprint density at radius 3 is 2.90 bits per heavy atom. The number of hydrogen-bond acceptors (Lipinski definition) is 4. The topological polar surface area (TPSA) is 81.5 Å². The van der Waals surface area contributed by atoms with Gasteiger partial charge in [-0.1, -0.05) is 17.7 Å². The van der Waals surface area contributed by atoms with Crippen molar-refractivity contribution in [3.8, 4) is 0 Å². The molecule has 0 aliphatic heterocycles. The lowest BCUT2D eigenvalue weighted by Gasteiger charge is -2.19. The summed E-state index contributed by atoms with van der Waals surface area (Å²) in [6, 6.07) is 4.19. The van der Waals surface area contributed by atoms with Crippen LogP contribution in [0.4, 0.5) is 5.69 Å². The summed E-state index contributed by atoms with van der Waals surface area (Å²) in [5.41, 5.74) is -0.386. The Morgan fingerprint density at radius 2 is 2.25 bits per heavy atom. The number of nitro groups is 1. The number of benzene rings is 1. The highest BCUT2D eigenvalue weighted by Gasteiger charge is 2.31. The van der Waals surface area contributed by atoms with Crippen LogP contribution >= 0.6 is 11.6 Å². The Labute approximate surface area is 121 Å². The fraction of sp³-hybridized carbons (Fsp3) is 0.462. The lowest BCUT2D eigenvalue weighted by atomic mass is 10.1. The van der Waals surface area contributed by atoms with Crippen LogP contribution in [0.15, 0.2) is 18.2 Å². The maximum atomic E-state index is 12.2. The third-order valence-corrected chi connectivity index (χ3v) is 3.79. The highest BCUT2D eigenvalue weighted by molar-refractivity contribution is 6.33. The highest BCUT2D eigenvalue weighted by atomic mass is 35.5. The minimum absolute atomic E-state index is 0.0238. The van der Waals surface area contributed by atoms with Crippen molar-refractivity contribution in [1.29, 1.82) is 0 Å². The van der Waals surface area contributed by atoms with Gasteiger partial charge in [0.05, 0.1) is 17.1 Å². The van der Waals surface area contributed by atoms with E-state index >= 15 is 0 Å². The van der Waals surface area contributed by atoms with Crippen molar-refractivity contribution >= 4 is 23.2 Å².